The van der Waals surface area contributed by atoms with Gasteiger partial charge in [-0.3, -0.25) is 0 Å². The van der Waals surface area contributed by atoms with E-state index in [0.29, 0.717) is 0 Å². The molecule has 3 N–H and O–H groups in total. The van der Waals surface area contributed by atoms with Gasteiger partial charge in [-0.1, -0.05) is 12.1 Å². The number of thioether (sulfide) groups is 1. The van der Waals surface area contributed by atoms with E-state index in [1.807, 2.05) is 24.3 Å². The van der Waals surface area contributed by atoms with Gasteiger partial charge in [-0.05, 0) is 24.4 Å². The van der Waals surface area contributed by atoms with Crippen molar-refractivity contribution in [3.8, 4) is 0 Å². The highest BCUT2D eigenvalue weighted by Crippen LogP contribution is 2.18. The van der Waals surface area contributed by atoms with Crippen LogP contribution in [-0.4, -0.2) is 30.1 Å². The Morgan fingerprint density at radius 1 is 1.50 bits per heavy atom. The number of benzene rings is 1. The van der Waals surface area contributed by atoms with Crippen LogP contribution in [0.5, 0.6) is 0 Å². The second-order valence-corrected chi connectivity index (χ2v) is 4.18. The Morgan fingerprint density at radius 2 is 2.31 bits per heavy atom. The Balaban J connectivity index is 2.67. The molecule has 0 atom stereocenters. The van der Waals surface area contributed by atoms with E-state index in [1.54, 1.807) is 11.8 Å². The largest absolute Gasteiger partial charge is 0.396 e. The van der Waals surface area contributed by atoms with E-state index in [0.717, 1.165) is 22.8 Å². The number of hydrogen-bond donors (Lipinski definition) is 2. The lowest BCUT2D eigenvalue weighted by Gasteiger charge is -2.01. The van der Waals surface area contributed by atoms with Crippen molar-refractivity contribution in [2.24, 2.45) is 15.7 Å². The van der Waals surface area contributed by atoms with Crippen LogP contribution in [0.15, 0.2) is 34.3 Å². The quantitative estimate of drug-likeness (QED) is 0.464. The van der Waals surface area contributed by atoms with E-state index in [9.17, 15) is 0 Å². The van der Waals surface area contributed by atoms with Gasteiger partial charge in [0.15, 0.2) is 0 Å². The summed E-state index contributed by atoms with van der Waals surface area (Å²) in [6.07, 6.45) is 0. The zero-order chi connectivity index (χ0) is 11.8. The number of nitrogens with zero attached hydrogens (tertiary/aromatic N) is 2. The number of nitrogens with two attached hydrogens (primary N) is 1. The number of rotatable bonds is 5. The van der Waals surface area contributed by atoms with E-state index in [4.69, 9.17) is 10.8 Å². The molecule has 5 heteroatoms. The van der Waals surface area contributed by atoms with Gasteiger partial charge in [0.05, 0.1) is 12.3 Å². The Labute approximate surface area is 99.3 Å². The van der Waals surface area contributed by atoms with Crippen molar-refractivity contribution in [3.63, 3.8) is 0 Å². The number of hydrogen-bond acceptors (Lipinski definition) is 3. The van der Waals surface area contributed by atoms with Crippen LogP contribution in [0.1, 0.15) is 5.56 Å². The van der Waals surface area contributed by atoms with Gasteiger partial charge < -0.3 is 10.8 Å². The maximum Gasteiger partial charge on any atom is 0.219 e. The molecule has 0 bridgehead atoms. The van der Waals surface area contributed by atoms with Crippen molar-refractivity contribution in [1.29, 1.82) is 0 Å². The van der Waals surface area contributed by atoms with Crippen molar-refractivity contribution in [2.75, 3.05) is 12.4 Å². The van der Waals surface area contributed by atoms with Gasteiger partial charge in [0.1, 0.15) is 0 Å². The lowest BCUT2D eigenvalue weighted by Crippen LogP contribution is -2.05. The van der Waals surface area contributed by atoms with Crippen LogP contribution in [-0.2, 0) is 5.75 Å². The average Bonchev–Trinajstić information content (AvgIpc) is 2.30. The molecule has 16 heavy (non-hydrogen) atoms. The maximum atomic E-state index is 8.67. The Hall–Kier alpha value is -1.33. The summed E-state index contributed by atoms with van der Waals surface area (Å²) in [5.41, 5.74) is 7.38. The van der Waals surface area contributed by atoms with Crippen LogP contribution in [0, 0.1) is 0 Å². The smallest absolute Gasteiger partial charge is 0.219 e. The third kappa shape index (κ3) is 4.46. The van der Waals surface area contributed by atoms with E-state index >= 15 is 0 Å². The van der Waals surface area contributed by atoms with Crippen molar-refractivity contribution in [3.05, 3.63) is 29.8 Å². The third-order valence-electron chi connectivity index (χ3n) is 1.82. The van der Waals surface area contributed by atoms with Gasteiger partial charge in [-0.25, -0.2) is 9.98 Å². The number of aliphatic hydroxyl groups excluding tert-OH is 1. The average molecular weight is 237 g/mol. The fraction of sp³-hybridized carbons (Fsp3) is 0.273. The minimum absolute atomic E-state index is 0.167. The second-order valence-electron chi connectivity index (χ2n) is 3.07. The molecule has 0 saturated carbocycles. The first-order valence-corrected chi connectivity index (χ1v) is 6.00. The summed E-state index contributed by atoms with van der Waals surface area (Å²) in [6.45, 7) is 3.51. The van der Waals surface area contributed by atoms with Gasteiger partial charge in [0.25, 0.3) is 0 Å². The summed E-state index contributed by atoms with van der Waals surface area (Å²) in [5.74, 6) is 1.76. The highest BCUT2D eigenvalue weighted by Gasteiger charge is 1.96. The van der Waals surface area contributed by atoms with Gasteiger partial charge >= 0.3 is 0 Å². The molecule has 0 aliphatic carbocycles. The standard InChI is InChI=1S/C11H15N3OS/c1-13-11(12)14-10-4-2-3-9(7-10)8-16-6-5-15/h2-4,7,15H,1,5-6,8H2,(H2,12,14). The molecule has 0 aromatic heterocycles. The van der Waals surface area contributed by atoms with Crippen LogP contribution in [0.4, 0.5) is 5.69 Å². The van der Waals surface area contributed by atoms with Gasteiger partial charge in [0, 0.05) is 11.5 Å². The molecule has 0 saturated heterocycles. The summed E-state index contributed by atoms with van der Waals surface area (Å²) < 4.78 is 0. The summed E-state index contributed by atoms with van der Waals surface area (Å²) >= 11 is 1.67. The molecule has 86 valence electrons. The minimum atomic E-state index is 0.167. The van der Waals surface area contributed by atoms with Crippen LogP contribution in [0.3, 0.4) is 0 Å². The van der Waals surface area contributed by atoms with E-state index in [-0.39, 0.29) is 12.6 Å². The van der Waals surface area contributed by atoms with E-state index < -0.39 is 0 Å². The van der Waals surface area contributed by atoms with Crippen LogP contribution < -0.4 is 5.73 Å². The van der Waals surface area contributed by atoms with Gasteiger partial charge in [-0.15, -0.1) is 0 Å². The Morgan fingerprint density at radius 3 is 3.00 bits per heavy atom. The van der Waals surface area contributed by atoms with Crippen molar-refractivity contribution in [1.82, 2.24) is 0 Å². The number of aliphatic hydroxyl groups is 1. The summed E-state index contributed by atoms with van der Waals surface area (Å²) in [4.78, 5) is 7.60. The molecule has 0 radical (unpaired) electrons. The fourth-order valence-corrected chi connectivity index (χ4v) is 1.83. The van der Waals surface area contributed by atoms with Crippen LogP contribution in [0.25, 0.3) is 0 Å². The molecule has 0 spiro atoms. The molecule has 0 unspecified atom stereocenters. The molecule has 0 aliphatic heterocycles. The lowest BCUT2D eigenvalue weighted by atomic mass is 10.2. The minimum Gasteiger partial charge on any atom is -0.396 e. The summed E-state index contributed by atoms with van der Waals surface area (Å²) in [5, 5.41) is 8.67. The predicted molar refractivity (Wildman–Crippen MR) is 70.5 cm³/mol. The van der Waals surface area contributed by atoms with Gasteiger partial charge in [-0.2, -0.15) is 11.8 Å². The van der Waals surface area contributed by atoms with Gasteiger partial charge in [0.2, 0.25) is 5.96 Å². The molecular formula is C11H15N3OS. The molecule has 1 aromatic carbocycles. The first-order valence-electron chi connectivity index (χ1n) is 4.84. The molecule has 0 fully saturated rings. The summed E-state index contributed by atoms with van der Waals surface area (Å²) in [7, 11) is 0. The second kappa shape index (κ2) is 7.03. The third-order valence-corrected chi connectivity index (χ3v) is 2.83. The highest BCUT2D eigenvalue weighted by atomic mass is 32.2. The van der Waals surface area contributed by atoms with Crippen LogP contribution in [0.2, 0.25) is 0 Å². The Bertz CT molecular complexity index is 379. The SMILES string of the molecule is C=NC(N)=Nc1cccc(CSCCO)c1. The predicted octanol–water partition coefficient (Wildman–Crippen LogP) is 1.56. The molecule has 0 aliphatic rings. The molecule has 0 heterocycles. The zero-order valence-corrected chi connectivity index (χ0v) is 9.78. The molecule has 1 aromatic rings. The first-order chi connectivity index (χ1) is 7.76. The lowest BCUT2D eigenvalue weighted by molar-refractivity contribution is 0.322. The molecule has 1 rings (SSSR count). The molecule has 0 amide bonds. The normalized spacial score (nSPS) is 11.4. The van der Waals surface area contributed by atoms with Crippen LogP contribution >= 0.6 is 11.8 Å². The van der Waals surface area contributed by atoms with E-state index in [1.165, 1.54) is 0 Å². The van der Waals surface area contributed by atoms with Crippen molar-refractivity contribution in [2.45, 2.75) is 5.75 Å². The van der Waals surface area contributed by atoms with Crippen molar-refractivity contribution < 1.29 is 5.11 Å². The topological polar surface area (TPSA) is 71.0 Å². The summed E-state index contributed by atoms with van der Waals surface area (Å²) in [6, 6.07) is 7.74. The van der Waals surface area contributed by atoms with Crippen molar-refractivity contribution >= 4 is 30.1 Å². The molecular weight excluding hydrogens is 222 g/mol. The first kappa shape index (κ1) is 12.7. The fourth-order valence-electron chi connectivity index (χ4n) is 1.14. The molecule has 4 nitrogen and oxygen atoms in total. The Kier molecular flexibility index (Phi) is 5.60. The zero-order valence-electron chi connectivity index (χ0n) is 8.97. The monoisotopic (exact) mass is 237 g/mol. The highest BCUT2D eigenvalue weighted by molar-refractivity contribution is 7.98. The van der Waals surface area contributed by atoms with E-state index in [2.05, 4.69) is 16.7 Å². The maximum absolute atomic E-state index is 8.67. The number of guanidine groups is 1. The number of aliphatic imine (C=N–C) groups is 2.